The SMILES string of the molecule is COCc1cc(N2CCC(=O)CC2)nc(-c2ccccc2)n1. The van der Waals surface area contributed by atoms with Gasteiger partial charge in [-0.15, -0.1) is 0 Å². The highest BCUT2D eigenvalue weighted by Gasteiger charge is 2.19. The van der Waals surface area contributed by atoms with Gasteiger partial charge in [-0.25, -0.2) is 9.97 Å². The number of carbonyl (C=O) groups excluding carboxylic acids is 1. The van der Waals surface area contributed by atoms with Crippen LogP contribution in [0.2, 0.25) is 0 Å². The van der Waals surface area contributed by atoms with Gasteiger partial charge >= 0.3 is 0 Å². The fourth-order valence-corrected chi connectivity index (χ4v) is 2.57. The summed E-state index contributed by atoms with van der Waals surface area (Å²) >= 11 is 0. The molecule has 0 atom stereocenters. The lowest BCUT2D eigenvalue weighted by Crippen LogP contribution is -2.34. The van der Waals surface area contributed by atoms with Crippen LogP contribution in [0.5, 0.6) is 0 Å². The number of hydrogen-bond donors (Lipinski definition) is 0. The standard InChI is InChI=1S/C17H19N3O2/c1-22-12-14-11-16(20-9-7-15(21)8-10-20)19-17(18-14)13-5-3-2-4-6-13/h2-6,11H,7-10,12H2,1H3. The smallest absolute Gasteiger partial charge is 0.161 e. The molecule has 2 aromatic rings. The van der Waals surface area contributed by atoms with Crippen molar-refractivity contribution >= 4 is 11.6 Å². The zero-order valence-corrected chi connectivity index (χ0v) is 12.7. The Balaban J connectivity index is 1.95. The molecule has 3 rings (SSSR count). The topological polar surface area (TPSA) is 55.3 Å². The van der Waals surface area contributed by atoms with Gasteiger partial charge in [0, 0.05) is 44.7 Å². The lowest BCUT2D eigenvalue weighted by Gasteiger charge is -2.27. The molecule has 0 radical (unpaired) electrons. The Morgan fingerprint density at radius 2 is 1.86 bits per heavy atom. The van der Waals surface area contributed by atoms with E-state index in [-0.39, 0.29) is 0 Å². The molecule has 0 unspecified atom stereocenters. The molecule has 2 heterocycles. The Bertz CT molecular complexity index is 648. The van der Waals surface area contributed by atoms with Gasteiger partial charge in [0.2, 0.25) is 0 Å². The zero-order valence-electron chi connectivity index (χ0n) is 12.7. The molecule has 114 valence electrons. The summed E-state index contributed by atoms with van der Waals surface area (Å²) in [6.45, 7) is 1.88. The maximum Gasteiger partial charge on any atom is 0.161 e. The Labute approximate surface area is 130 Å². The Kier molecular flexibility index (Phi) is 4.44. The fourth-order valence-electron chi connectivity index (χ4n) is 2.57. The van der Waals surface area contributed by atoms with E-state index in [1.807, 2.05) is 36.4 Å². The summed E-state index contributed by atoms with van der Waals surface area (Å²) in [6, 6.07) is 11.9. The van der Waals surface area contributed by atoms with Crippen LogP contribution in [0.3, 0.4) is 0 Å². The van der Waals surface area contributed by atoms with Gasteiger partial charge in [0.1, 0.15) is 11.6 Å². The third-order valence-corrected chi connectivity index (χ3v) is 3.73. The van der Waals surface area contributed by atoms with Crippen molar-refractivity contribution in [3.63, 3.8) is 0 Å². The van der Waals surface area contributed by atoms with E-state index in [1.165, 1.54) is 0 Å². The summed E-state index contributed by atoms with van der Waals surface area (Å²) in [4.78, 5) is 22.8. The van der Waals surface area contributed by atoms with Crippen LogP contribution in [0.1, 0.15) is 18.5 Å². The summed E-state index contributed by atoms with van der Waals surface area (Å²) < 4.78 is 5.22. The number of ketones is 1. The van der Waals surface area contributed by atoms with Gasteiger partial charge in [0.25, 0.3) is 0 Å². The van der Waals surface area contributed by atoms with Crippen LogP contribution in [0.25, 0.3) is 11.4 Å². The molecule has 1 saturated heterocycles. The predicted octanol–water partition coefficient (Wildman–Crippen LogP) is 2.46. The highest BCUT2D eigenvalue weighted by Crippen LogP contribution is 2.22. The van der Waals surface area contributed by atoms with Crippen LogP contribution in [0.4, 0.5) is 5.82 Å². The number of nitrogens with zero attached hydrogens (tertiary/aromatic N) is 3. The fraction of sp³-hybridized carbons (Fsp3) is 0.353. The van der Waals surface area contributed by atoms with Gasteiger partial charge in [0.15, 0.2) is 5.82 Å². The van der Waals surface area contributed by atoms with Crippen molar-refractivity contribution in [2.45, 2.75) is 19.4 Å². The number of rotatable bonds is 4. The number of Topliss-reactive ketones (excluding diaryl/α,β-unsaturated/α-hetero) is 1. The summed E-state index contributed by atoms with van der Waals surface area (Å²) in [5.74, 6) is 1.89. The van der Waals surface area contributed by atoms with E-state index in [4.69, 9.17) is 4.74 Å². The number of piperidine rings is 1. The molecule has 0 spiro atoms. The summed E-state index contributed by atoms with van der Waals surface area (Å²) in [5.41, 5.74) is 1.83. The molecular weight excluding hydrogens is 278 g/mol. The van der Waals surface area contributed by atoms with Crippen LogP contribution in [0.15, 0.2) is 36.4 Å². The number of aromatic nitrogens is 2. The summed E-state index contributed by atoms with van der Waals surface area (Å²) in [6.07, 6.45) is 1.18. The normalized spacial score (nSPS) is 15.1. The van der Waals surface area contributed by atoms with E-state index in [0.29, 0.717) is 31.1 Å². The van der Waals surface area contributed by atoms with Gasteiger partial charge in [-0.3, -0.25) is 4.79 Å². The van der Waals surface area contributed by atoms with Gasteiger partial charge in [0.05, 0.1) is 12.3 Å². The molecule has 1 aliphatic rings. The zero-order chi connectivity index (χ0) is 15.4. The molecule has 1 aromatic heterocycles. The molecule has 1 aromatic carbocycles. The van der Waals surface area contributed by atoms with E-state index >= 15 is 0 Å². The van der Waals surface area contributed by atoms with Crippen LogP contribution in [-0.2, 0) is 16.1 Å². The van der Waals surface area contributed by atoms with Crippen molar-refractivity contribution in [1.82, 2.24) is 9.97 Å². The van der Waals surface area contributed by atoms with Crippen molar-refractivity contribution in [2.24, 2.45) is 0 Å². The Morgan fingerprint density at radius 1 is 1.14 bits per heavy atom. The van der Waals surface area contributed by atoms with Crippen molar-refractivity contribution in [1.29, 1.82) is 0 Å². The molecule has 1 aliphatic heterocycles. The molecule has 5 nitrogen and oxygen atoms in total. The first-order valence-corrected chi connectivity index (χ1v) is 7.45. The Morgan fingerprint density at radius 3 is 2.55 bits per heavy atom. The molecule has 0 bridgehead atoms. The molecule has 0 aliphatic carbocycles. The van der Waals surface area contributed by atoms with Crippen molar-refractivity contribution in [3.8, 4) is 11.4 Å². The average molecular weight is 297 g/mol. The molecule has 22 heavy (non-hydrogen) atoms. The monoisotopic (exact) mass is 297 g/mol. The molecule has 0 amide bonds. The van der Waals surface area contributed by atoms with E-state index in [2.05, 4.69) is 14.9 Å². The van der Waals surface area contributed by atoms with Crippen LogP contribution in [0, 0.1) is 0 Å². The lowest BCUT2D eigenvalue weighted by molar-refractivity contribution is -0.119. The van der Waals surface area contributed by atoms with Crippen LogP contribution < -0.4 is 4.90 Å². The summed E-state index contributed by atoms with van der Waals surface area (Å²) in [7, 11) is 1.66. The van der Waals surface area contributed by atoms with Crippen LogP contribution >= 0.6 is 0 Å². The minimum absolute atomic E-state index is 0.325. The first kappa shape index (κ1) is 14.7. The van der Waals surface area contributed by atoms with Gasteiger partial charge in [-0.1, -0.05) is 30.3 Å². The van der Waals surface area contributed by atoms with Crippen LogP contribution in [-0.4, -0.2) is 36.0 Å². The van der Waals surface area contributed by atoms with E-state index in [9.17, 15) is 4.79 Å². The van der Waals surface area contributed by atoms with Gasteiger partial charge in [-0.05, 0) is 0 Å². The molecule has 0 N–H and O–H groups in total. The second-order valence-corrected chi connectivity index (χ2v) is 5.37. The third-order valence-electron chi connectivity index (χ3n) is 3.73. The molecule has 5 heteroatoms. The second-order valence-electron chi connectivity index (χ2n) is 5.37. The average Bonchev–Trinajstić information content (AvgIpc) is 2.56. The molecular formula is C17H19N3O2. The number of benzene rings is 1. The van der Waals surface area contributed by atoms with Crippen molar-refractivity contribution in [3.05, 3.63) is 42.1 Å². The van der Waals surface area contributed by atoms with Gasteiger partial charge in [-0.2, -0.15) is 0 Å². The van der Waals surface area contributed by atoms with E-state index in [0.717, 1.165) is 30.2 Å². The number of carbonyl (C=O) groups is 1. The minimum Gasteiger partial charge on any atom is -0.378 e. The summed E-state index contributed by atoms with van der Waals surface area (Å²) in [5, 5.41) is 0. The van der Waals surface area contributed by atoms with E-state index < -0.39 is 0 Å². The first-order chi connectivity index (χ1) is 10.8. The van der Waals surface area contributed by atoms with Gasteiger partial charge < -0.3 is 9.64 Å². The number of hydrogen-bond acceptors (Lipinski definition) is 5. The largest absolute Gasteiger partial charge is 0.378 e. The van der Waals surface area contributed by atoms with Crippen molar-refractivity contribution in [2.75, 3.05) is 25.1 Å². The highest BCUT2D eigenvalue weighted by molar-refractivity contribution is 5.80. The maximum absolute atomic E-state index is 11.4. The van der Waals surface area contributed by atoms with Crippen molar-refractivity contribution < 1.29 is 9.53 Å². The quantitative estimate of drug-likeness (QED) is 0.867. The number of ether oxygens (including phenoxy) is 1. The molecule has 0 saturated carbocycles. The maximum atomic E-state index is 11.4. The highest BCUT2D eigenvalue weighted by atomic mass is 16.5. The lowest BCUT2D eigenvalue weighted by atomic mass is 10.1. The number of methoxy groups -OCH3 is 1. The Hall–Kier alpha value is -2.27. The second kappa shape index (κ2) is 6.66. The van der Waals surface area contributed by atoms with E-state index in [1.54, 1.807) is 7.11 Å². The third kappa shape index (κ3) is 3.31. The predicted molar refractivity (Wildman–Crippen MR) is 84.6 cm³/mol. The molecule has 1 fully saturated rings. The number of anilines is 1. The first-order valence-electron chi connectivity index (χ1n) is 7.45. The minimum atomic E-state index is 0.325.